The molecule has 17 heavy (non-hydrogen) atoms. The number of hydrogen-bond acceptors (Lipinski definition) is 3. The van der Waals surface area contributed by atoms with Crippen molar-refractivity contribution >= 4 is 17.4 Å². The first-order chi connectivity index (χ1) is 8.42. The average molecular weight is 245 g/mol. The highest BCUT2D eigenvalue weighted by Gasteiger charge is 2.14. The van der Waals surface area contributed by atoms with Gasteiger partial charge in [0.25, 0.3) is 0 Å². The molecule has 4 heteroatoms. The van der Waals surface area contributed by atoms with E-state index in [-0.39, 0.29) is 0 Å². The Kier molecular flexibility index (Phi) is 3.05. The largest absolute Gasteiger partial charge is 0.381 e. The van der Waals surface area contributed by atoms with Gasteiger partial charge in [-0.3, -0.25) is 0 Å². The van der Waals surface area contributed by atoms with E-state index in [4.69, 9.17) is 0 Å². The van der Waals surface area contributed by atoms with E-state index < -0.39 is 0 Å². The molecule has 88 valence electrons. The Morgan fingerprint density at radius 1 is 1.29 bits per heavy atom. The van der Waals surface area contributed by atoms with Gasteiger partial charge in [0.15, 0.2) is 0 Å². The predicted molar refractivity (Wildman–Crippen MR) is 73.4 cm³/mol. The van der Waals surface area contributed by atoms with Crippen molar-refractivity contribution in [1.29, 1.82) is 0 Å². The van der Waals surface area contributed by atoms with Crippen molar-refractivity contribution in [2.75, 3.05) is 16.8 Å². The van der Waals surface area contributed by atoms with Crippen molar-refractivity contribution in [3.05, 3.63) is 36.8 Å². The van der Waals surface area contributed by atoms with E-state index in [1.54, 1.807) is 6.33 Å². The Morgan fingerprint density at radius 2 is 2.18 bits per heavy atom. The summed E-state index contributed by atoms with van der Waals surface area (Å²) in [6.45, 7) is 0. The van der Waals surface area contributed by atoms with Crippen LogP contribution in [-0.2, 0) is 0 Å². The summed E-state index contributed by atoms with van der Waals surface area (Å²) in [5.74, 6) is 2.51. The van der Waals surface area contributed by atoms with Crippen LogP contribution in [0.25, 0.3) is 11.3 Å². The SMILES string of the molecule is c1ncc(-c2ccc(NC3CCSC3)cc2)[nH]1. The zero-order valence-electron chi connectivity index (χ0n) is 9.52. The highest BCUT2D eigenvalue weighted by Crippen LogP contribution is 2.23. The Morgan fingerprint density at radius 3 is 2.82 bits per heavy atom. The van der Waals surface area contributed by atoms with Crippen molar-refractivity contribution < 1.29 is 0 Å². The molecule has 1 fully saturated rings. The van der Waals surface area contributed by atoms with Crippen LogP contribution in [0.5, 0.6) is 0 Å². The monoisotopic (exact) mass is 245 g/mol. The van der Waals surface area contributed by atoms with Crippen LogP contribution in [0, 0.1) is 0 Å². The van der Waals surface area contributed by atoms with E-state index in [0.29, 0.717) is 6.04 Å². The molecule has 0 spiro atoms. The molecule has 0 amide bonds. The first-order valence-corrected chi connectivity index (χ1v) is 7.00. The Hall–Kier alpha value is -1.42. The standard InChI is InChI=1S/C13H15N3S/c1-3-11(16-12-5-6-17-8-12)4-2-10(1)13-7-14-9-15-13/h1-4,7,9,12,16H,5-6,8H2,(H,14,15). The lowest BCUT2D eigenvalue weighted by atomic mass is 10.1. The molecule has 2 aromatic rings. The zero-order valence-corrected chi connectivity index (χ0v) is 10.3. The number of imidazole rings is 1. The second-order valence-corrected chi connectivity index (χ2v) is 5.40. The van der Waals surface area contributed by atoms with Crippen molar-refractivity contribution in [2.45, 2.75) is 12.5 Å². The maximum Gasteiger partial charge on any atom is 0.0924 e. The zero-order chi connectivity index (χ0) is 11.5. The Bertz CT molecular complexity index is 458. The summed E-state index contributed by atoms with van der Waals surface area (Å²) in [5.41, 5.74) is 3.45. The third-order valence-electron chi connectivity index (χ3n) is 2.99. The quantitative estimate of drug-likeness (QED) is 0.873. The van der Waals surface area contributed by atoms with Crippen LogP contribution in [0.3, 0.4) is 0 Å². The number of nitrogens with one attached hydrogen (secondary N) is 2. The Labute approximate surface area is 105 Å². The smallest absolute Gasteiger partial charge is 0.0924 e. The molecule has 1 atom stereocenters. The topological polar surface area (TPSA) is 40.7 Å². The second-order valence-electron chi connectivity index (χ2n) is 4.25. The van der Waals surface area contributed by atoms with Gasteiger partial charge < -0.3 is 10.3 Å². The van der Waals surface area contributed by atoms with Gasteiger partial charge in [0, 0.05) is 17.5 Å². The molecule has 0 radical (unpaired) electrons. The van der Waals surface area contributed by atoms with E-state index in [1.165, 1.54) is 29.2 Å². The van der Waals surface area contributed by atoms with E-state index in [0.717, 1.165) is 5.69 Å². The number of aromatic nitrogens is 2. The summed E-state index contributed by atoms with van der Waals surface area (Å²) in [4.78, 5) is 7.14. The van der Waals surface area contributed by atoms with E-state index in [1.807, 2.05) is 18.0 Å². The molecular formula is C13H15N3S. The fraction of sp³-hybridized carbons (Fsp3) is 0.308. The lowest BCUT2D eigenvalue weighted by Crippen LogP contribution is -2.17. The third kappa shape index (κ3) is 2.47. The second kappa shape index (κ2) is 4.84. The molecule has 1 aliphatic heterocycles. The average Bonchev–Trinajstić information content (AvgIpc) is 3.01. The first kappa shape index (κ1) is 10.7. The number of nitrogens with zero attached hydrogens (tertiary/aromatic N) is 1. The van der Waals surface area contributed by atoms with Crippen LogP contribution in [-0.4, -0.2) is 27.5 Å². The highest BCUT2D eigenvalue weighted by atomic mass is 32.2. The van der Waals surface area contributed by atoms with Crippen LogP contribution in [0.1, 0.15) is 6.42 Å². The molecule has 2 heterocycles. The highest BCUT2D eigenvalue weighted by molar-refractivity contribution is 7.99. The van der Waals surface area contributed by atoms with Gasteiger partial charge in [-0.25, -0.2) is 4.98 Å². The number of anilines is 1. The van der Waals surface area contributed by atoms with Gasteiger partial charge in [-0.15, -0.1) is 0 Å². The first-order valence-electron chi connectivity index (χ1n) is 5.85. The summed E-state index contributed by atoms with van der Waals surface area (Å²) in [7, 11) is 0. The maximum absolute atomic E-state index is 4.03. The van der Waals surface area contributed by atoms with Crippen LogP contribution in [0.4, 0.5) is 5.69 Å². The third-order valence-corrected chi connectivity index (χ3v) is 4.16. The molecule has 1 aromatic carbocycles. The fourth-order valence-corrected chi connectivity index (χ4v) is 3.20. The minimum atomic E-state index is 0.637. The molecular weight excluding hydrogens is 230 g/mol. The number of aromatic amines is 1. The van der Waals surface area contributed by atoms with Crippen LogP contribution < -0.4 is 5.32 Å². The van der Waals surface area contributed by atoms with E-state index >= 15 is 0 Å². The number of thioether (sulfide) groups is 1. The molecule has 1 aliphatic rings. The maximum atomic E-state index is 4.03. The molecule has 3 nitrogen and oxygen atoms in total. The summed E-state index contributed by atoms with van der Waals surface area (Å²) in [6, 6.07) is 9.16. The normalized spacial score (nSPS) is 19.4. The van der Waals surface area contributed by atoms with Crippen LogP contribution >= 0.6 is 11.8 Å². The lowest BCUT2D eigenvalue weighted by Gasteiger charge is -2.12. The number of benzene rings is 1. The minimum Gasteiger partial charge on any atom is -0.381 e. The summed E-state index contributed by atoms with van der Waals surface area (Å²) >= 11 is 2.03. The number of H-pyrrole nitrogens is 1. The van der Waals surface area contributed by atoms with Crippen molar-refractivity contribution in [3.63, 3.8) is 0 Å². The van der Waals surface area contributed by atoms with Gasteiger partial charge in [0.2, 0.25) is 0 Å². The van der Waals surface area contributed by atoms with Gasteiger partial charge in [-0.05, 0) is 29.9 Å². The Balaban J connectivity index is 1.71. The predicted octanol–water partition coefficient (Wildman–Crippen LogP) is 2.99. The van der Waals surface area contributed by atoms with Gasteiger partial charge in [0.1, 0.15) is 0 Å². The number of rotatable bonds is 3. The van der Waals surface area contributed by atoms with Gasteiger partial charge in [-0.2, -0.15) is 11.8 Å². The van der Waals surface area contributed by atoms with Gasteiger partial charge in [-0.1, -0.05) is 12.1 Å². The van der Waals surface area contributed by atoms with Gasteiger partial charge >= 0.3 is 0 Å². The number of hydrogen-bond donors (Lipinski definition) is 2. The minimum absolute atomic E-state index is 0.637. The van der Waals surface area contributed by atoms with Crippen LogP contribution in [0.2, 0.25) is 0 Å². The van der Waals surface area contributed by atoms with E-state index in [9.17, 15) is 0 Å². The summed E-state index contributed by atoms with van der Waals surface area (Å²) in [5, 5.41) is 3.57. The van der Waals surface area contributed by atoms with Crippen molar-refractivity contribution in [2.24, 2.45) is 0 Å². The molecule has 0 saturated carbocycles. The molecule has 1 aromatic heterocycles. The van der Waals surface area contributed by atoms with Crippen molar-refractivity contribution in [3.8, 4) is 11.3 Å². The van der Waals surface area contributed by atoms with Crippen LogP contribution in [0.15, 0.2) is 36.8 Å². The lowest BCUT2D eigenvalue weighted by molar-refractivity contribution is 0.813. The van der Waals surface area contributed by atoms with E-state index in [2.05, 4.69) is 39.6 Å². The summed E-state index contributed by atoms with van der Waals surface area (Å²) in [6.07, 6.45) is 4.82. The molecule has 3 rings (SSSR count). The fourth-order valence-electron chi connectivity index (χ4n) is 2.04. The van der Waals surface area contributed by atoms with Gasteiger partial charge in [0.05, 0.1) is 18.2 Å². The molecule has 0 bridgehead atoms. The molecule has 1 unspecified atom stereocenters. The molecule has 2 N–H and O–H groups in total. The van der Waals surface area contributed by atoms with Crippen molar-refractivity contribution in [1.82, 2.24) is 9.97 Å². The molecule has 0 aliphatic carbocycles. The molecule has 1 saturated heterocycles. The summed E-state index contributed by atoms with van der Waals surface area (Å²) < 4.78 is 0.